The van der Waals surface area contributed by atoms with Crippen molar-refractivity contribution in [3.05, 3.63) is 67.7 Å². The van der Waals surface area contributed by atoms with Gasteiger partial charge in [-0.05, 0) is 49.9 Å². The maximum atomic E-state index is 13.4. The van der Waals surface area contributed by atoms with Gasteiger partial charge in [0.25, 0.3) is 5.56 Å². The standard InChI is InChI=1S/C22H20N2O3S2/c1-4-27-16-9-7-15(8-10-16)19-13(2)29-21-20(19)22(26)24(14(3)23-21)12-17(25)18-6-5-11-28-18/h5-11H,4,12H2,1-3H3. The number of Topliss-reactive ketones (excluding diaryl/α,β-unsaturated/α-hetero) is 1. The summed E-state index contributed by atoms with van der Waals surface area (Å²) in [4.78, 5) is 33.0. The molecule has 0 atom stereocenters. The lowest BCUT2D eigenvalue weighted by Gasteiger charge is -2.09. The summed E-state index contributed by atoms with van der Waals surface area (Å²) < 4.78 is 7.00. The molecule has 0 fully saturated rings. The molecule has 148 valence electrons. The summed E-state index contributed by atoms with van der Waals surface area (Å²) in [7, 11) is 0. The third-order valence-electron chi connectivity index (χ3n) is 4.73. The first-order valence-electron chi connectivity index (χ1n) is 9.30. The van der Waals surface area contributed by atoms with Gasteiger partial charge in [-0.25, -0.2) is 4.98 Å². The van der Waals surface area contributed by atoms with Crippen molar-refractivity contribution in [2.75, 3.05) is 6.61 Å². The minimum atomic E-state index is -0.175. The predicted octanol–water partition coefficient (Wildman–Crippen LogP) is 5.08. The highest BCUT2D eigenvalue weighted by Crippen LogP contribution is 2.36. The fourth-order valence-corrected chi connectivity index (χ4v) is 5.11. The fraction of sp³-hybridized carbons (Fsp3) is 0.227. The zero-order valence-electron chi connectivity index (χ0n) is 16.4. The number of benzene rings is 1. The molecule has 4 aromatic rings. The molecule has 0 radical (unpaired) electrons. The SMILES string of the molecule is CCOc1ccc(-c2c(C)sc3nc(C)n(CC(=O)c4cccs4)c(=O)c23)cc1. The molecule has 0 saturated heterocycles. The van der Waals surface area contributed by atoms with Gasteiger partial charge in [-0.1, -0.05) is 18.2 Å². The lowest BCUT2D eigenvalue weighted by atomic mass is 10.0. The summed E-state index contributed by atoms with van der Waals surface area (Å²) in [6.45, 7) is 6.30. The molecular formula is C22H20N2O3S2. The second-order valence-electron chi connectivity index (χ2n) is 6.62. The molecule has 3 aromatic heterocycles. The summed E-state index contributed by atoms with van der Waals surface area (Å²) in [5.74, 6) is 1.26. The second kappa shape index (κ2) is 7.93. The second-order valence-corrected chi connectivity index (χ2v) is 8.77. The molecule has 0 aliphatic rings. The van der Waals surface area contributed by atoms with Crippen molar-refractivity contribution >= 4 is 38.7 Å². The number of thiophene rings is 2. The Morgan fingerprint density at radius 3 is 2.59 bits per heavy atom. The van der Waals surface area contributed by atoms with Crippen LogP contribution in [0.15, 0.2) is 46.6 Å². The highest BCUT2D eigenvalue weighted by Gasteiger charge is 2.20. The van der Waals surface area contributed by atoms with Gasteiger partial charge in [0.2, 0.25) is 0 Å². The van der Waals surface area contributed by atoms with Crippen molar-refractivity contribution in [3.63, 3.8) is 0 Å². The number of aryl methyl sites for hydroxylation is 2. The minimum Gasteiger partial charge on any atom is -0.494 e. The summed E-state index contributed by atoms with van der Waals surface area (Å²) in [6.07, 6.45) is 0. The molecule has 0 unspecified atom stereocenters. The van der Waals surface area contributed by atoms with Gasteiger partial charge >= 0.3 is 0 Å². The number of ketones is 1. The van der Waals surface area contributed by atoms with Crippen molar-refractivity contribution in [2.45, 2.75) is 27.3 Å². The molecule has 7 heteroatoms. The number of rotatable bonds is 6. The van der Waals surface area contributed by atoms with E-state index in [-0.39, 0.29) is 17.9 Å². The average molecular weight is 425 g/mol. The lowest BCUT2D eigenvalue weighted by Crippen LogP contribution is -2.27. The van der Waals surface area contributed by atoms with Gasteiger partial charge in [0.15, 0.2) is 5.78 Å². The van der Waals surface area contributed by atoms with E-state index in [2.05, 4.69) is 4.98 Å². The molecule has 0 aliphatic heterocycles. The minimum absolute atomic E-state index is 0.00820. The van der Waals surface area contributed by atoms with Crippen LogP contribution in [0.2, 0.25) is 0 Å². The molecule has 0 amide bonds. The normalized spacial score (nSPS) is 11.1. The molecular weight excluding hydrogens is 404 g/mol. The van der Waals surface area contributed by atoms with Crippen LogP contribution < -0.4 is 10.3 Å². The molecule has 0 spiro atoms. The molecule has 0 bridgehead atoms. The van der Waals surface area contributed by atoms with Gasteiger partial charge in [0.05, 0.1) is 23.4 Å². The van der Waals surface area contributed by atoms with Crippen LogP contribution in [0.1, 0.15) is 27.3 Å². The van der Waals surface area contributed by atoms with Crippen molar-refractivity contribution in [1.29, 1.82) is 0 Å². The monoisotopic (exact) mass is 424 g/mol. The molecule has 1 aromatic carbocycles. The van der Waals surface area contributed by atoms with Crippen LogP contribution in [-0.2, 0) is 6.54 Å². The molecule has 29 heavy (non-hydrogen) atoms. The summed E-state index contributed by atoms with van der Waals surface area (Å²) in [5.41, 5.74) is 1.64. The Morgan fingerprint density at radius 2 is 1.93 bits per heavy atom. The number of hydrogen-bond acceptors (Lipinski definition) is 6. The molecule has 4 rings (SSSR count). The molecule has 0 saturated carbocycles. The highest BCUT2D eigenvalue weighted by atomic mass is 32.1. The van der Waals surface area contributed by atoms with Gasteiger partial charge in [0, 0.05) is 10.4 Å². The number of fused-ring (bicyclic) bond motifs is 1. The summed E-state index contributed by atoms with van der Waals surface area (Å²) in [5, 5.41) is 2.43. The number of carbonyl (C=O) groups excluding carboxylic acids is 1. The van der Waals surface area contributed by atoms with Crippen LogP contribution in [0, 0.1) is 13.8 Å². The largest absolute Gasteiger partial charge is 0.494 e. The van der Waals surface area contributed by atoms with E-state index in [1.54, 1.807) is 13.0 Å². The van der Waals surface area contributed by atoms with E-state index in [1.807, 2.05) is 49.6 Å². The van der Waals surface area contributed by atoms with Gasteiger partial charge in [-0.3, -0.25) is 14.2 Å². The topological polar surface area (TPSA) is 61.2 Å². The Balaban J connectivity index is 1.83. The number of ether oxygens (including phenoxy) is 1. The zero-order valence-corrected chi connectivity index (χ0v) is 18.0. The molecule has 5 nitrogen and oxygen atoms in total. The number of aromatic nitrogens is 2. The third-order valence-corrected chi connectivity index (χ3v) is 6.64. The first kappa shape index (κ1) is 19.5. The summed E-state index contributed by atoms with van der Waals surface area (Å²) in [6, 6.07) is 11.3. The van der Waals surface area contributed by atoms with E-state index in [4.69, 9.17) is 4.74 Å². The third kappa shape index (κ3) is 3.63. The van der Waals surface area contributed by atoms with Crippen molar-refractivity contribution in [3.8, 4) is 16.9 Å². The van der Waals surface area contributed by atoms with Crippen LogP contribution in [0.25, 0.3) is 21.3 Å². The van der Waals surface area contributed by atoms with E-state index in [9.17, 15) is 9.59 Å². The first-order valence-corrected chi connectivity index (χ1v) is 11.0. The Kier molecular flexibility index (Phi) is 5.34. The van der Waals surface area contributed by atoms with Crippen LogP contribution in [-0.4, -0.2) is 21.9 Å². The zero-order chi connectivity index (χ0) is 20.5. The van der Waals surface area contributed by atoms with Gasteiger partial charge in [0.1, 0.15) is 16.4 Å². The molecule has 0 N–H and O–H groups in total. The fourth-order valence-electron chi connectivity index (χ4n) is 3.37. The van der Waals surface area contributed by atoms with Crippen LogP contribution >= 0.6 is 22.7 Å². The van der Waals surface area contributed by atoms with Gasteiger partial charge < -0.3 is 4.74 Å². The smallest absolute Gasteiger partial charge is 0.263 e. The van der Waals surface area contributed by atoms with E-state index in [0.717, 1.165) is 21.8 Å². The average Bonchev–Trinajstić information content (AvgIpc) is 3.34. The van der Waals surface area contributed by atoms with Crippen molar-refractivity contribution in [2.24, 2.45) is 0 Å². The van der Waals surface area contributed by atoms with Gasteiger partial charge in [-0.2, -0.15) is 0 Å². The first-order chi connectivity index (χ1) is 14.0. The Bertz CT molecular complexity index is 1240. The maximum absolute atomic E-state index is 13.4. The van der Waals surface area contributed by atoms with E-state index in [1.165, 1.54) is 27.2 Å². The van der Waals surface area contributed by atoms with Gasteiger partial charge in [-0.15, -0.1) is 22.7 Å². The Hall–Kier alpha value is -2.77. The Morgan fingerprint density at radius 1 is 1.17 bits per heavy atom. The maximum Gasteiger partial charge on any atom is 0.263 e. The number of carbonyl (C=O) groups is 1. The predicted molar refractivity (Wildman–Crippen MR) is 119 cm³/mol. The quantitative estimate of drug-likeness (QED) is 0.405. The van der Waals surface area contributed by atoms with Crippen LogP contribution in [0.4, 0.5) is 0 Å². The van der Waals surface area contributed by atoms with E-state index >= 15 is 0 Å². The van der Waals surface area contributed by atoms with Crippen LogP contribution in [0.5, 0.6) is 5.75 Å². The Labute approximate surface area is 176 Å². The van der Waals surface area contributed by atoms with E-state index < -0.39 is 0 Å². The lowest BCUT2D eigenvalue weighted by molar-refractivity contribution is 0.0973. The molecule has 0 aliphatic carbocycles. The van der Waals surface area contributed by atoms with E-state index in [0.29, 0.717) is 27.5 Å². The number of nitrogens with zero attached hydrogens (tertiary/aromatic N) is 2. The van der Waals surface area contributed by atoms with Crippen LogP contribution in [0.3, 0.4) is 0 Å². The molecule has 3 heterocycles. The highest BCUT2D eigenvalue weighted by molar-refractivity contribution is 7.19. The van der Waals surface area contributed by atoms with Crippen molar-refractivity contribution < 1.29 is 9.53 Å². The number of hydrogen-bond donors (Lipinski definition) is 0. The summed E-state index contributed by atoms with van der Waals surface area (Å²) >= 11 is 2.88. The van der Waals surface area contributed by atoms with Crippen molar-refractivity contribution in [1.82, 2.24) is 9.55 Å².